The molecule has 2 aromatic carbocycles. The number of carbonyl (C=O) groups excluding carboxylic acids is 1. The van der Waals surface area contributed by atoms with E-state index in [2.05, 4.69) is 25.7 Å². The van der Waals surface area contributed by atoms with E-state index in [1.54, 1.807) is 16.8 Å². The summed E-state index contributed by atoms with van der Waals surface area (Å²) in [5.74, 6) is -0.284. The summed E-state index contributed by atoms with van der Waals surface area (Å²) in [6.45, 7) is 3.10. The number of piperazine rings is 1. The molecule has 0 aliphatic carbocycles. The second-order valence-corrected chi connectivity index (χ2v) is 6.56. The van der Waals surface area contributed by atoms with Gasteiger partial charge in [-0.1, -0.05) is 12.1 Å². The number of nitrogens with one attached hydrogen (secondary N) is 1. The molecular formula is C19H20FN7O. The number of nitrogens with zero attached hydrogens (tertiary/aromatic N) is 6. The highest BCUT2D eigenvalue weighted by Crippen LogP contribution is 2.20. The van der Waals surface area contributed by atoms with Gasteiger partial charge in [-0.25, -0.2) is 9.07 Å². The number of halogens is 1. The molecule has 0 bridgehead atoms. The first kappa shape index (κ1) is 18.1. The fourth-order valence-electron chi connectivity index (χ4n) is 3.24. The highest BCUT2D eigenvalue weighted by atomic mass is 19.1. The lowest BCUT2D eigenvalue weighted by molar-refractivity contribution is -0.117. The Hall–Kier alpha value is -3.33. The highest BCUT2D eigenvalue weighted by Gasteiger charge is 2.20. The minimum absolute atomic E-state index is 0.0745. The molecule has 3 aromatic rings. The summed E-state index contributed by atoms with van der Waals surface area (Å²) in [6, 6.07) is 14.1. The Morgan fingerprint density at radius 2 is 1.79 bits per heavy atom. The molecule has 1 aromatic heterocycles. The number of tetrazole rings is 1. The summed E-state index contributed by atoms with van der Waals surface area (Å²) in [5.41, 5.74) is 2.15. The number of aromatic nitrogens is 4. The predicted molar refractivity (Wildman–Crippen MR) is 103 cm³/mol. The van der Waals surface area contributed by atoms with E-state index < -0.39 is 0 Å². The van der Waals surface area contributed by atoms with Crippen molar-refractivity contribution >= 4 is 17.3 Å². The highest BCUT2D eigenvalue weighted by molar-refractivity contribution is 5.92. The van der Waals surface area contributed by atoms with Crippen molar-refractivity contribution in [3.05, 3.63) is 60.7 Å². The Morgan fingerprint density at radius 1 is 1.04 bits per heavy atom. The van der Waals surface area contributed by atoms with E-state index in [-0.39, 0.29) is 11.7 Å². The van der Waals surface area contributed by atoms with Crippen LogP contribution in [0.4, 0.5) is 15.8 Å². The van der Waals surface area contributed by atoms with Crippen LogP contribution in [0.25, 0.3) is 5.69 Å². The molecule has 8 nitrogen and oxygen atoms in total. The number of benzene rings is 2. The Morgan fingerprint density at radius 3 is 2.46 bits per heavy atom. The van der Waals surface area contributed by atoms with E-state index in [4.69, 9.17) is 0 Å². The Labute approximate surface area is 161 Å². The van der Waals surface area contributed by atoms with Crippen molar-refractivity contribution in [1.29, 1.82) is 0 Å². The van der Waals surface area contributed by atoms with Crippen molar-refractivity contribution in [2.24, 2.45) is 0 Å². The van der Waals surface area contributed by atoms with Gasteiger partial charge in [0.15, 0.2) is 0 Å². The van der Waals surface area contributed by atoms with Crippen LogP contribution in [0.1, 0.15) is 0 Å². The van der Waals surface area contributed by atoms with Gasteiger partial charge in [0.2, 0.25) is 5.91 Å². The van der Waals surface area contributed by atoms with Crippen LogP contribution >= 0.6 is 0 Å². The molecule has 1 amide bonds. The van der Waals surface area contributed by atoms with Gasteiger partial charge in [-0.2, -0.15) is 0 Å². The molecular weight excluding hydrogens is 361 g/mol. The molecule has 1 aliphatic heterocycles. The van der Waals surface area contributed by atoms with E-state index in [0.717, 1.165) is 5.69 Å². The third-order valence-corrected chi connectivity index (χ3v) is 4.70. The molecule has 9 heteroatoms. The van der Waals surface area contributed by atoms with Gasteiger partial charge >= 0.3 is 0 Å². The second kappa shape index (κ2) is 8.13. The van der Waals surface area contributed by atoms with Crippen LogP contribution in [-0.4, -0.2) is 63.7 Å². The number of carbonyl (C=O) groups is 1. The van der Waals surface area contributed by atoms with Crippen molar-refractivity contribution in [1.82, 2.24) is 25.1 Å². The number of amides is 1. The van der Waals surface area contributed by atoms with Crippen molar-refractivity contribution < 1.29 is 9.18 Å². The summed E-state index contributed by atoms with van der Waals surface area (Å²) in [4.78, 5) is 16.4. The van der Waals surface area contributed by atoms with Crippen molar-refractivity contribution in [3.63, 3.8) is 0 Å². The molecule has 1 fully saturated rings. The first-order chi connectivity index (χ1) is 13.7. The Bertz CT molecular complexity index is 922. The fourth-order valence-corrected chi connectivity index (χ4v) is 3.24. The maximum absolute atomic E-state index is 13.9. The summed E-state index contributed by atoms with van der Waals surface area (Å²) in [6.07, 6.45) is 1.51. The van der Waals surface area contributed by atoms with Crippen LogP contribution in [0.15, 0.2) is 54.9 Å². The van der Waals surface area contributed by atoms with Crippen molar-refractivity contribution in [2.75, 3.05) is 42.9 Å². The molecule has 0 spiro atoms. The lowest BCUT2D eigenvalue weighted by atomic mass is 10.2. The van der Waals surface area contributed by atoms with Gasteiger partial charge in [-0.3, -0.25) is 9.69 Å². The largest absolute Gasteiger partial charge is 0.367 e. The predicted octanol–water partition coefficient (Wildman–Crippen LogP) is 1.56. The maximum Gasteiger partial charge on any atom is 0.238 e. The molecule has 0 radical (unpaired) electrons. The molecule has 2 heterocycles. The van der Waals surface area contributed by atoms with Gasteiger partial charge in [-0.05, 0) is 46.8 Å². The van der Waals surface area contributed by atoms with E-state index in [0.29, 0.717) is 44.1 Å². The third-order valence-electron chi connectivity index (χ3n) is 4.70. The van der Waals surface area contributed by atoms with Crippen LogP contribution < -0.4 is 10.2 Å². The van der Waals surface area contributed by atoms with E-state index >= 15 is 0 Å². The topological polar surface area (TPSA) is 79.2 Å². The lowest BCUT2D eigenvalue weighted by Gasteiger charge is -2.35. The molecule has 1 saturated heterocycles. The zero-order valence-electron chi connectivity index (χ0n) is 15.2. The van der Waals surface area contributed by atoms with Crippen LogP contribution in [-0.2, 0) is 4.79 Å². The fraction of sp³-hybridized carbons (Fsp3) is 0.263. The second-order valence-electron chi connectivity index (χ2n) is 6.56. The first-order valence-corrected chi connectivity index (χ1v) is 9.04. The first-order valence-electron chi connectivity index (χ1n) is 9.04. The number of hydrogen-bond acceptors (Lipinski definition) is 6. The van der Waals surface area contributed by atoms with Gasteiger partial charge in [0.1, 0.15) is 12.1 Å². The number of anilines is 2. The summed E-state index contributed by atoms with van der Waals surface area (Å²) in [7, 11) is 0. The molecule has 144 valence electrons. The molecule has 1 N–H and O–H groups in total. The standard InChI is InChI=1S/C19H20FN7O/c20-17-3-1-2-4-18(17)26-11-9-25(10-12-26)13-19(28)22-15-5-7-16(8-6-15)27-14-21-23-24-27/h1-8,14H,9-13H2,(H,22,28). The van der Waals surface area contributed by atoms with Gasteiger partial charge in [0.25, 0.3) is 0 Å². The third kappa shape index (κ3) is 4.15. The smallest absolute Gasteiger partial charge is 0.238 e. The Kier molecular flexibility index (Phi) is 5.24. The van der Waals surface area contributed by atoms with Crippen molar-refractivity contribution in [3.8, 4) is 5.69 Å². The minimum Gasteiger partial charge on any atom is -0.367 e. The van der Waals surface area contributed by atoms with Crippen LogP contribution in [0.5, 0.6) is 0 Å². The van der Waals surface area contributed by atoms with E-state index in [1.165, 1.54) is 12.4 Å². The molecule has 0 atom stereocenters. The lowest BCUT2D eigenvalue weighted by Crippen LogP contribution is -2.48. The summed E-state index contributed by atoms with van der Waals surface area (Å²) in [5, 5.41) is 13.9. The zero-order valence-corrected chi connectivity index (χ0v) is 15.2. The molecule has 4 rings (SSSR count). The van der Waals surface area contributed by atoms with Crippen LogP contribution in [0.2, 0.25) is 0 Å². The summed E-state index contributed by atoms with van der Waals surface area (Å²) < 4.78 is 15.5. The SMILES string of the molecule is O=C(CN1CCN(c2ccccc2F)CC1)Nc1ccc(-n2cnnn2)cc1. The van der Waals surface area contributed by atoms with E-state index in [1.807, 2.05) is 35.2 Å². The van der Waals surface area contributed by atoms with Crippen molar-refractivity contribution in [2.45, 2.75) is 0 Å². The maximum atomic E-state index is 13.9. The van der Waals surface area contributed by atoms with Gasteiger partial charge in [0, 0.05) is 31.9 Å². The Balaban J connectivity index is 1.27. The number of rotatable bonds is 5. The number of para-hydroxylation sites is 1. The minimum atomic E-state index is -0.209. The molecule has 28 heavy (non-hydrogen) atoms. The molecule has 1 aliphatic rings. The summed E-state index contributed by atoms with van der Waals surface area (Å²) >= 11 is 0. The van der Waals surface area contributed by atoms with Gasteiger partial charge < -0.3 is 10.2 Å². The quantitative estimate of drug-likeness (QED) is 0.723. The monoisotopic (exact) mass is 381 g/mol. The van der Waals surface area contributed by atoms with Crippen LogP contribution in [0, 0.1) is 5.82 Å². The molecule has 0 unspecified atom stereocenters. The zero-order chi connectivity index (χ0) is 19.3. The van der Waals surface area contributed by atoms with Gasteiger partial charge in [0.05, 0.1) is 17.9 Å². The normalized spacial score (nSPS) is 14.8. The molecule has 0 saturated carbocycles. The van der Waals surface area contributed by atoms with E-state index in [9.17, 15) is 9.18 Å². The average molecular weight is 381 g/mol. The van der Waals surface area contributed by atoms with Crippen LogP contribution in [0.3, 0.4) is 0 Å². The van der Waals surface area contributed by atoms with Gasteiger partial charge in [-0.15, -0.1) is 5.10 Å². The number of hydrogen-bond donors (Lipinski definition) is 1. The average Bonchev–Trinajstić information content (AvgIpc) is 3.24.